The number of benzene rings is 1. The van der Waals surface area contributed by atoms with Crippen LogP contribution in [0.25, 0.3) is 0 Å². The molecule has 2 aromatic rings. The molecule has 1 aliphatic rings. The van der Waals surface area contributed by atoms with Crippen molar-refractivity contribution >= 4 is 5.82 Å². The molecule has 0 amide bonds. The molecule has 0 radical (unpaired) electrons. The maximum Gasteiger partial charge on any atom is 0.126 e. The van der Waals surface area contributed by atoms with Crippen molar-refractivity contribution in [1.29, 1.82) is 0 Å². The van der Waals surface area contributed by atoms with E-state index in [-0.39, 0.29) is 0 Å². The molecule has 2 nitrogen and oxygen atoms in total. The predicted molar refractivity (Wildman–Crippen MR) is 79.5 cm³/mol. The van der Waals surface area contributed by atoms with Gasteiger partial charge >= 0.3 is 0 Å². The Labute approximate surface area is 114 Å². The van der Waals surface area contributed by atoms with Gasteiger partial charge in [-0.3, -0.25) is 0 Å². The Kier molecular flexibility index (Phi) is 3.78. The number of fused-ring (bicyclic) bond motifs is 1. The summed E-state index contributed by atoms with van der Waals surface area (Å²) in [6, 6.07) is 15.0. The summed E-state index contributed by atoms with van der Waals surface area (Å²) in [6.07, 6.45) is 5.88. The van der Waals surface area contributed by atoms with E-state index in [1.165, 1.54) is 29.7 Å². The van der Waals surface area contributed by atoms with Gasteiger partial charge < -0.3 is 5.32 Å². The Morgan fingerprint density at radius 2 is 1.89 bits per heavy atom. The first-order chi connectivity index (χ1) is 9.42. The van der Waals surface area contributed by atoms with Crippen molar-refractivity contribution in [2.45, 2.75) is 32.1 Å². The summed E-state index contributed by atoms with van der Waals surface area (Å²) in [5.74, 6) is 1.04. The minimum Gasteiger partial charge on any atom is -0.370 e. The van der Waals surface area contributed by atoms with E-state index in [1.807, 2.05) is 0 Å². The lowest BCUT2D eigenvalue weighted by Crippen LogP contribution is -2.05. The number of rotatable bonds is 5. The van der Waals surface area contributed by atoms with Crippen LogP contribution >= 0.6 is 0 Å². The van der Waals surface area contributed by atoms with E-state index in [9.17, 15) is 0 Å². The molecule has 2 heteroatoms. The van der Waals surface area contributed by atoms with Crippen molar-refractivity contribution in [3.8, 4) is 0 Å². The molecule has 3 rings (SSSR count). The highest BCUT2D eigenvalue weighted by molar-refractivity contribution is 5.40. The predicted octanol–water partition coefficient (Wildman–Crippen LogP) is 3.62. The Bertz CT molecular complexity index is 534. The van der Waals surface area contributed by atoms with Crippen LogP contribution in [0.3, 0.4) is 0 Å². The van der Waals surface area contributed by atoms with Crippen molar-refractivity contribution in [1.82, 2.24) is 4.98 Å². The van der Waals surface area contributed by atoms with Crippen LogP contribution in [-0.4, -0.2) is 11.5 Å². The van der Waals surface area contributed by atoms with Crippen LogP contribution in [0, 0.1) is 0 Å². The van der Waals surface area contributed by atoms with E-state index >= 15 is 0 Å². The smallest absolute Gasteiger partial charge is 0.126 e. The second-order valence-corrected chi connectivity index (χ2v) is 5.17. The van der Waals surface area contributed by atoms with Crippen LogP contribution in [0.4, 0.5) is 5.82 Å². The molecular formula is C17H20N2. The van der Waals surface area contributed by atoms with Crippen molar-refractivity contribution < 1.29 is 0 Å². The number of nitrogens with one attached hydrogen (secondary N) is 1. The van der Waals surface area contributed by atoms with Gasteiger partial charge in [-0.15, -0.1) is 0 Å². The van der Waals surface area contributed by atoms with E-state index in [0.717, 1.165) is 31.6 Å². The molecule has 0 unspecified atom stereocenters. The molecule has 0 atom stereocenters. The SMILES string of the molecule is c1ccc(CCCNc2ccc3c(n2)CCC3)cc1. The highest BCUT2D eigenvalue weighted by atomic mass is 15.0. The average Bonchev–Trinajstić information content (AvgIpc) is 2.92. The third-order valence-electron chi connectivity index (χ3n) is 3.72. The zero-order chi connectivity index (χ0) is 12.9. The highest BCUT2D eigenvalue weighted by Gasteiger charge is 2.11. The third kappa shape index (κ3) is 3.14. The Hall–Kier alpha value is -1.83. The first-order valence-corrected chi connectivity index (χ1v) is 7.18. The summed E-state index contributed by atoms with van der Waals surface area (Å²) in [4.78, 5) is 4.69. The molecule has 98 valence electrons. The standard InChI is InChI=1S/C17H20N2/c1-2-6-14(7-3-1)8-5-13-18-17-12-11-15-9-4-10-16(15)19-17/h1-3,6-7,11-12H,4-5,8-10,13H2,(H,18,19). The lowest BCUT2D eigenvalue weighted by atomic mass is 10.1. The summed E-state index contributed by atoms with van der Waals surface area (Å²) >= 11 is 0. The number of anilines is 1. The largest absolute Gasteiger partial charge is 0.370 e. The Morgan fingerprint density at radius 1 is 1.00 bits per heavy atom. The summed E-state index contributed by atoms with van der Waals surface area (Å²) in [5, 5.41) is 3.43. The van der Waals surface area contributed by atoms with Crippen molar-refractivity contribution in [2.24, 2.45) is 0 Å². The molecule has 0 spiro atoms. The van der Waals surface area contributed by atoms with Gasteiger partial charge in [0.15, 0.2) is 0 Å². The number of pyridine rings is 1. The number of hydrogen-bond acceptors (Lipinski definition) is 2. The molecular weight excluding hydrogens is 232 g/mol. The molecule has 0 bridgehead atoms. The third-order valence-corrected chi connectivity index (χ3v) is 3.72. The van der Waals surface area contributed by atoms with E-state index in [4.69, 9.17) is 0 Å². The van der Waals surface area contributed by atoms with Gasteiger partial charge in [0.25, 0.3) is 0 Å². The van der Waals surface area contributed by atoms with Crippen LogP contribution in [0.5, 0.6) is 0 Å². The lowest BCUT2D eigenvalue weighted by molar-refractivity contribution is 0.856. The zero-order valence-corrected chi connectivity index (χ0v) is 11.2. The van der Waals surface area contributed by atoms with Crippen molar-refractivity contribution in [2.75, 3.05) is 11.9 Å². The fourth-order valence-corrected chi connectivity index (χ4v) is 2.67. The topological polar surface area (TPSA) is 24.9 Å². The molecule has 0 saturated carbocycles. The van der Waals surface area contributed by atoms with E-state index in [1.54, 1.807) is 0 Å². The Morgan fingerprint density at radius 3 is 2.79 bits per heavy atom. The number of aryl methyl sites for hydroxylation is 3. The highest BCUT2D eigenvalue weighted by Crippen LogP contribution is 2.21. The monoisotopic (exact) mass is 252 g/mol. The van der Waals surface area contributed by atoms with Crippen LogP contribution in [-0.2, 0) is 19.3 Å². The summed E-state index contributed by atoms with van der Waals surface area (Å²) < 4.78 is 0. The lowest BCUT2D eigenvalue weighted by Gasteiger charge is -2.07. The molecule has 1 aromatic heterocycles. The number of aromatic nitrogens is 1. The molecule has 1 N–H and O–H groups in total. The maximum absolute atomic E-state index is 4.69. The van der Waals surface area contributed by atoms with Crippen molar-refractivity contribution in [3.63, 3.8) is 0 Å². The summed E-state index contributed by atoms with van der Waals surface area (Å²) in [5.41, 5.74) is 4.15. The van der Waals surface area contributed by atoms with E-state index in [0.29, 0.717) is 0 Å². The molecule has 1 aliphatic carbocycles. The number of hydrogen-bond donors (Lipinski definition) is 1. The van der Waals surface area contributed by atoms with Crippen LogP contribution < -0.4 is 5.32 Å². The molecule has 1 aromatic carbocycles. The van der Waals surface area contributed by atoms with E-state index in [2.05, 4.69) is 52.8 Å². The zero-order valence-electron chi connectivity index (χ0n) is 11.2. The first kappa shape index (κ1) is 12.2. The average molecular weight is 252 g/mol. The van der Waals surface area contributed by atoms with Crippen molar-refractivity contribution in [3.05, 3.63) is 59.3 Å². The van der Waals surface area contributed by atoms with Crippen LogP contribution in [0.2, 0.25) is 0 Å². The van der Waals surface area contributed by atoms with Gasteiger partial charge in [0.2, 0.25) is 0 Å². The molecule has 19 heavy (non-hydrogen) atoms. The maximum atomic E-state index is 4.69. The van der Waals surface area contributed by atoms with Gasteiger partial charge in [-0.05, 0) is 49.3 Å². The second-order valence-electron chi connectivity index (χ2n) is 5.17. The van der Waals surface area contributed by atoms with Gasteiger partial charge in [-0.25, -0.2) is 4.98 Å². The molecule has 1 heterocycles. The minimum atomic E-state index is 0.987. The second kappa shape index (κ2) is 5.87. The van der Waals surface area contributed by atoms with Gasteiger partial charge in [0, 0.05) is 12.2 Å². The fourth-order valence-electron chi connectivity index (χ4n) is 2.67. The summed E-state index contributed by atoms with van der Waals surface area (Å²) in [6.45, 7) is 0.987. The molecule has 0 aliphatic heterocycles. The fraction of sp³-hybridized carbons (Fsp3) is 0.353. The normalized spacial score (nSPS) is 13.3. The summed E-state index contributed by atoms with van der Waals surface area (Å²) in [7, 11) is 0. The van der Waals surface area contributed by atoms with Gasteiger partial charge in [0.1, 0.15) is 5.82 Å². The molecule has 0 saturated heterocycles. The van der Waals surface area contributed by atoms with Gasteiger partial charge in [0.05, 0.1) is 0 Å². The van der Waals surface area contributed by atoms with Gasteiger partial charge in [-0.1, -0.05) is 36.4 Å². The van der Waals surface area contributed by atoms with Gasteiger partial charge in [-0.2, -0.15) is 0 Å². The van der Waals surface area contributed by atoms with E-state index < -0.39 is 0 Å². The first-order valence-electron chi connectivity index (χ1n) is 7.18. The number of nitrogens with zero attached hydrogens (tertiary/aromatic N) is 1. The Balaban J connectivity index is 1.48. The van der Waals surface area contributed by atoms with Crippen LogP contribution in [0.1, 0.15) is 29.7 Å². The van der Waals surface area contributed by atoms with Crippen LogP contribution in [0.15, 0.2) is 42.5 Å². The molecule has 0 fully saturated rings. The minimum absolute atomic E-state index is 0.987. The quantitative estimate of drug-likeness (QED) is 0.822.